The van der Waals surface area contributed by atoms with Crippen LogP contribution < -0.4 is 5.32 Å². The maximum Gasteiger partial charge on any atom is 0.229 e. The van der Waals surface area contributed by atoms with E-state index >= 15 is 0 Å². The molecule has 1 aromatic carbocycles. The maximum atomic E-state index is 4.64. The van der Waals surface area contributed by atoms with Gasteiger partial charge in [-0.05, 0) is 35.4 Å². The number of H-pyrrole nitrogens is 1. The molecule has 0 atom stereocenters. The normalized spacial score (nSPS) is 14.9. The average Bonchev–Trinajstić information content (AvgIpc) is 3.42. The second kappa shape index (κ2) is 6.14. The van der Waals surface area contributed by atoms with E-state index in [0.717, 1.165) is 29.7 Å². The summed E-state index contributed by atoms with van der Waals surface area (Å²) >= 11 is 0. The van der Waals surface area contributed by atoms with Gasteiger partial charge in [-0.3, -0.25) is 0 Å². The third-order valence-corrected chi connectivity index (χ3v) is 4.62. The van der Waals surface area contributed by atoms with Gasteiger partial charge < -0.3 is 5.32 Å². The van der Waals surface area contributed by atoms with Crippen molar-refractivity contribution in [2.24, 2.45) is 0 Å². The molecule has 1 saturated carbocycles. The standard InChI is InChI=1S/C16H16N10/c1-2-7-12(6-1)26-15-13(20-25-26)9-17-16(19-15)18-11-5-3-4-10(8-11)14-21-23-24-22-14/h3-5,8-9,12H,1-2,6-7H2,(H,17,18,19)(H,21,22,23,24). The molecule has 10 nitrogen and oxygen atoms in total. The Morgan fingerprint density at radius 1 is 1.15 bits per heavy atom. The third kappa shape index (κ3) is 2.65. The van der Waals surface area contributed by atoms with Crippen molar-refractivity contribution in [3.05, 3.63) is 30.5 Å². The van der Waals surface area contributed by atoms with Crippen LogP contribution in [0.5, 0.6) is 0 Å². The first-order valence-electron chi connectivity index (χ1n) is 8.56. The van der Waals surface area contributed by atoms with Crippen molar-refractivity contribution in [1.29, 1.82) is 0 Å². The van der Waals surface area contributed by atoms with E-state index in [2.05, 4.69) is 46.2 Å². The van der Waals surface area contributed by atoms with E-state index < -0.39 is 0 Å². The van der Waals surface area contributed by atoms with Crippen LogP contribution in [0.15, 0.2) is 30.5 Å². The van der Waals surface area contributed by atoms with Gasteiger partial charge in [0.05, 0.1) is 12.2 Å². The summed E-state index contributed by atoms with van der Waals surface area (Å²) in [5.41, 5.74) is 3.20. The fourth-order valence-corrected chi connectivity index (χ4v) is 3.35. The largest absolute Gasteiger partial charge is 0.324 e. The minimum Gasteiger partial charge on any atom is -0.324 e. The van der Waals surface area contributed by atoms with E-state index in [1.165, 1.54) is 12.8 Å². The lowest BCUT2D eigenvalue weighted by molar-refractivity contribution is 0.464. The van der Waals surface area contributed by atoms with Gasteiger partial charge in [0.15, 0.2) is 17.0 Å². The number of fused-ring (bicyclic) bond motifs is 1. The first-order chi connectivity index (χ1) is 12.9. The molecular weight excluding hydrogens is 332 g/mol. The molecule has 26 heavy (non-hydrogen) atoms. The van der Waals surface area contributed by atoms with E-state index in [9.17, 15) is 0 Å². The first kappa shape index (κ1) is 14.9. The number of anilines is 2. The molecule has 3 aromatic heterocycles. The van der Waals surface area contributed by atoms with E-state index in [1.807, 2.05) is 28.9 Å². The molecule has 0 unspecified atom stereocenters. The van der Waals surface area contributed by atoms with Gasteiger partial charge in [0.2, 0.25) is 5.95 Å². The Hall–Kier alpha value is -3.43. The van der Waals surface area contributed by atoms with Crippen LogP contribution >= 0.6 is 0 Å². The molecule has 0 radical (unpaired) electrons. The van der Waals surface area contributed by atoms with E-state index in [0.29, 0.717) is 23.3 Å². The van der Waals surface area contributed by atoms with Crippen LogP contribution in [0.4, 0.5) is 11.6 Å². The van der Waals surface area contributed by atoms with Crippen LogP contribution in [0.3, 0.4) is 0 Å². The maximum absolute atomic E-state index is 4.64. The van der Waals surface area contributed by atoms with Gasteiger partial charge in [-0.15, -0.1) is 10.2 Å². The van der Waals surface area contributed by atoms with Gasteiger partial charge in [-0.2, -0.15) is 4.98 Å². The van der Waals surface area contributed by atoms with E-state index in [4.69, 9.17) is 0 Å². The van der Waals surface area contributed by atoms with Gasteiger partial charge in [-0.1, -0.05) is 30.2 Å². The van der Waals surface area contributed by atoms with Gasteiger partial charge >= 0.3 is 0 Å². The highest BCUT2D eigenvalue weighted by Gasteiger charge is 2.21. The Morgan fingerprint density at radius 2 is 2.08 bits per heavy atom. The minimum absolute atomic E-state index is 0.380. The Bertz CT molecular complexity index is 1030. The van der Waals surface area contributed by atoms with Crippen molar-refractivity contribution in [2.45, 2.75) is 31.7 Å². The highest BCUT2D eigenvalue weighted by Crippen LogP contribution is 2.30. The predicted octanol–water partition coefficient (Wildman–Crippen LogP) is 2.26. The van der Waals surface area contributed by atoms with Crippen molar-refractivity contribution >= 4 is 22.8 Å². The highest BCUT2D eigenvalue weighted by molar-refractivity contribution is 5.71. The SMILES string of the molecule is c1cc(Nc2ncc3nnn(C4CCCC4)c3n2)cc(-c2nnn[nH]2)c1. The van der Waals surface area contributed by atoms with Crippen molar-refractivity contribution in [3.63, 3.8) is 0 Å². The molecule has 2 N–H and O–H groups in total. The molecule has 3 heterocycles. The topological polar surface area (TPSA) is 123 Å². The zero-order chi connectivity index (χ0) is 17.3. The summed E-state index contributed by atoms with van der Waals surface area (Å²) in [6.07, 6.45) is 6.40. The molecule has 0 bridgehead atoms. The summed E-state index contributed by atoms with van der Waals surface area (Å²) in [6.45, 7) is 0. The third-order valence-electron chi connectivity index (χ3n) is 4.62. The molecule has 0 amide bonds. The first-order valence-corrected chi connectivity index (χ1v) is 8.56. The van der Waals surface area contributed by atoms with Crippen LogP contribution in [0.25, 0.3) is 22.6 Å². The molecule has 0 spiro atoms. The van der Waals surface area contributed by atoms with Crippen molar-refractivity contribution in [1.82, 2.24) is 45.6 Å². The van der Waals surface area contributed by atoms with Crippen molar-refractivity contribution in [2.75, 3.05) is 5.32 Å². The summed E-state index contributed by atoms with van der Waals surface area (Å²) < 4.78 is 1.94. The number of tetrazole rings is 1. The lowest BCUT2D eigenvalue weighted by atomic mass is 10.2. The summed E-state index contributed by atoms with van der Waals surface area (Å²) in [4.78, 5) is 8.98. The van der Waals surface area contributed by atoms with Gasteiger partial charge in [-0.25, -0.2) is 14.8 Å². The Labute approximate surface area is 148 Å². The number of benzene rings is 1. The van der Waals surface area contributed by atoms with Crippen LogP contribution in [0.2, 0.25) is 0 Å². The van der Waals surface area contributed by atoms with Crippen LogP contribution in [-0.4, -0.2) is 45.6 Å². The second-order valence-corrected chi connectivity index (χ2v) is 6.33. The van der Waals surface area contributed by atoms with Crippen LogP contribution in [0.1, 0.15) is 31.7 Å². The molecule has 5 rings (SSSR count). The summed E-state index contributed by atoms with van der Waals surface area (Å²) in [6, 6.07) is 8.10. The average molecular weight is 348 g/mol. The van der Waals surface area contributed by atoms with Gasteiger partial charge in [0.1, 0.15) is 0 Å². The van der Waals surface area contributed by atoms with Crippen LogP contribution in [-0.2, 0) is 0 Å². The molecule has 1 aliphatic carbocycles. The second-order valence-electron chi connectivity index (χ2n) is 6.33. The lowest BCUT2D eigenvalue weighted by Gasteiger charge is -2.10. The molecule has 4 aromatic rings. The zero-order valence-electron chi connectivity index (χ0n) is 13.9. The van der Waals surface area contributed by atoms with Gasteiger partial charge in [0.25, 0.3) is 0 Å². The number of hydrogen-bond donors (Lipinski definition) is 2. The fraction of sp³-hybridized carbons (Fsp3) is 0.312. The quantitative estimate of drug-likeness (QED) is 0.575. The number of hydrogen-bond acceptors (Lipinski definition) is 8. The number of aromatic nitrogens is 9. The molecule has 0 saturated heterocycles. The van der Waals surface area contributed by atoms with E-state index in [-0.39, 0.29) is 0 Å². The molecule has 1 aliphatic rings. The molecular formula is C16H16N10. The number of rotatable bonds is 4. The van der Waals surface area contributed by atoms with E-state index in [1.54, 1.807) is 6.20 Å². The predicted molar refractivity (Wildman–Crippen MR) is 93.5 cm³/mol. The Kier molecular flexibility index (Phi) is 3.51. The number of nitrogens with one attached hydrogen (secondary N) is 2. The number of nitrogens with zero attached hydrogens (tertiary/aromatic N) is 8. The summed E-state index contributed by atoms with van der Waals surface area (Å²) in [5, 5.41) is 25.6. The summed E-state index contributed by atoms with van der Waals surface area (Å²) in [7, 11) is 0. The smallest absolute Gasteiger partial charge is 0.229 e. The highest BCUT2D eigenvalue weighted by atomic mass is 15.5. The molecule has 130 valence electrons. The van der Waals surface area contributed by atoms with Gasteiger partial charge in [0, 0.05) is 11.3 Å². The van der Waals surface area contributed by atoms with Crippen molar-refractivity contribution < 1.29 is 0 Å². The van der Waals surface area contributed by atoms with Crippen molar-refractivity contribution in [3.8, 4) is 11.4 Å². The minimum atomic E-state index is 0.380. The molecule has 0 aliphatic heterocycles. The Morgan fingerprint density at radius 3 is 2.92 bits per heavy atom. The lowest BCUT2D eigenvalue weighted by Crippen LogP contribution is -2.08. The molecule has 1 fully saturated rings. The monoisotopic (exact) mass is 348 g/mol. The fourth-order valence-electron chi connectivity index (χ4n) is 3.35. The zero-order valence-corrected chi connectivity index (χ0v) is 13.9. The Balaban J connectivity index is 1.46. The molecule has 10 heteroatoms. The summed E-state index contributed by atoms with van der Waals surface area (Å²) in [5.74, 6) is 1.11. The number of aromatic amines is 1. The van der Waals surface area contributed by atoms with Crippen LogP contribution in [0, 0.1) is 0 Å².